The van der Waals surface area contributed by atoms with Gasteiger partial charge in [0, 0.05) is 4.47 Å². The van der Waals surface area contributed by atoms with Crippen LogP contribution in [0.3, 0.4) is 0 Å². The molecule has 2 rings (SSSR count). The summed E-state index contributed by atoms with van der Waals surface area (Å²) < 4.78 is 14.1. The first kappa shape index (κ1) is 13.6. The van der Waals surface area contributed by atoms with Gasteiger partial charge in [0.2, 0.25) is 0 Å². The predicted molar refractivity (Wildman–Crippen MR) is 77.6 cm³/mol. The van der Waals surface area contributed by atoms with Crippen molar-refractivity contribution in [2.75, 3.05) is 0 Å². The summed E-state index contributed by atoms with van der Waals surface area (Å²) in [4.78, 5) is 0. The van der Waals surface area contributed by atoms with Crippen LogP contribution in [0.2, 0.25) is 0 Å². The Kier molecular flexibility index (Phi) is 4.41. The molecule has 0 aliphatic heterocycles. The molecule has 1 unspecified atom stereocenters. The molecule has 3 heteroatoms. The van der Waals surface area contributed by atoms with Gasteiger partial charge in [0.05, 0.1) is 5.38 Å². The third-order valence-electron chi connectivity index (χ3n) is 2.90. The molecule has 0 N–H and O–H groups in total. The van der Waals surface area contributed by atoms with Gasteiger partial charge < -0.3 is 0 Å². The maximum absolute atomic E-state index is 13.0. The second-order valence-electron chi connectivity index (χ2n) is 4.30. The van der Waals surface area contributed by atoms with E-state index < -0.39 is 0 Å². The Labute approximate surface area is 120 Å². The highest BCUT2D eigenvalue weighted by atomic mass is 79.9. The maximum Gasteiger partial charge on any atom is 0.123 e. The van der Waals surface area contributed by atoms with Crippen molar-refractivity contribution in [3.05, 3.63) is 69.4 Å². The Morgan fingerprint density at radius 2 is 1.83 bits per heavy atom. The summed E-state index contributed by atoms with van der Waals surface area (Å²) in [6.07, 6.45) is 0.737. The molecular formula is C15H13BrClF. The van der Waals surface area contributed by atoms with Gasteiger partial charge in [0.15, 0.2) is 0 Å². The maximum atomic E-state index is 13.0. The minimum Gasteiger partial charge on any atom is -0.207 e. The summed E-state index contributed by atoms with van der Waals surface area (Å²) in [7, 11) is 0. The topological polar surface area (TPSA) is 0 Å². The second kappa shape index (κ2) is 5.85. The van der Waals surface area contributed by atoms with E-state index in [2.05, 4.69) is 15.9 Å². The molecule has 2 aromatic rings. The van der Waals surface area contributed by atoms with E-state index in [-0.39, 0.29) is 11.2 Å². The first-order valence-corrected chi connectivity index (χ1v) is 6.94. The molecule has 0 saturated carbocycles. The van der Waals surface area contributed by atoms with Crippen LogP contribution < -0.4 is 0 Å². The molecule has 0 spiro atoms. The lowest BCUT2D eigenvalue weighted by molar-refractivity contribution is 0.625. The van der Waals surface area contributed by atoms with Crippen LogP contribution in [0.4, 0.5) is 4.39 Å². The minimum absolute atomic E-state index is 0.133. The van der Waals surface area contributed by atoms with Crippen molar-refractivity contribution in [3.63, 3.8) is 0 Å². The molecule has 0 aliphatic carbocycles. The highest BCUT2D eigenvalue weighted by Gasteiger charge is 2.12. The zero-order valence-corrected chi connectivity index (χ0v) is 12.3. The second-order valence-corrected chi connectivity index (χ2v) is 5.74. The largest absolute Gasteiger partial charge is 0.207 e. The van der Waals surface area contributed by atoms with E-state index in [1.165, 1.54) is 17.7 Å². The van der Waals surface area contributed by atoms with Crippen molar-refractivity contribution in [3.8, 4) is 0 Å². The van der Waals surface area contributed by atoms with Crippen LogP contribution in [0.15, 0.2) is 46.9 Å². The van der Waals surface area contributed by atoms with E-state index in [4.69, 9.17) is 11.6 Å². The number of alkyl halides is 1. The lowest BCUT2D eigenvalue weighted by atomic mass is 10.00. The van der Waals surface area contributed by atoms with E-state index in [0.29, 0.717) is 0 Å². The van der Waals surface area contributed by atoms with Crippen molar-refractivity contribution < 1.29 is 4.39 Å². The molecule has 94 valence electrons. The van der Waals surface area contributed by atoms with Gasteiger partial charge in [-0.3, -0.25) is 0 Å². The quantitative estimate of drug-likeness (QED) is 0.660. The average molecular weight is 328 g/mol. The van der Waals surface area contributed by atoms with Gasteiger partial charge in [-0.2, -0.15) is 0 Å². The highest BCUT2D eigenvalue weighted by Crippen LogP contribution is 2.28. The van der Waals surface area contributed by atoms with E-state index in [1.54, 1.807) is 6.07 Å². The molecule has 2 aromatic carbocycles. The van der Waals surface area contributed by atoms with Crippen LogP contribution in [-0.2, 0) is 6.42 Å². The smallest absolute Gasteiger partial charge is 0.123 e. The molecule has 0 fully saturated rings. The highest BCUT2D eigenvalue weighted by molar-refractivity contribution is 9.10. The van der Waals surface area contributed by atoms with E-state index in [1.807, 2.05) is 31.2 Å². The fourth-order valence-corrected chi connectivity index (χ4v) is 2.62. The lowest BCUT2D eigenvalue weighted by Crippen LogP contribution is -1.99. The number of halogens is 3. The standard InChI is InChI=1S/C15H13BrClF/c1-10-8-13(18)6-7-14(10)15(17)9-11-2-4-12(16)5-3-11/h2-8,15H,9H2,1H3. The van der Waals surface area contributed by atoms with Crippen LogP contribution in [0.25, 0.3) is 0 Å². The number of hydrogen-bond acceptors (Lipinski definition) is 0. The number of benzene rings is 2. The Morgan fingerprint density at radius 1 is 1.17 bits per heavy atom. The average Bonchev–Trinajstić information content (AvgIpc) is 2.32. The van der Waals surface area contributed by atoms with Crippen molar-refractivity contribution >= 4 is 27.5 Å². The van der Waals surface area contributed by atoms with Crippen LogP contribution in [-0.4, -0.2) is 0 Å². The molecule has 0 bridgehead atoms. The fraction of sp³-hybridized carbons (Fsp3) is 0.200. The van der Waals surface area contributed by atoms with Crippen LogP contribution in [0.1, 0.15) is 22.1 Å². The molecule has 0 amide bonds. The van der Waals surface area contributed by atoms with Crippen molar-refractivity contribution in [2.24, 2.45) is 0 Å². The predicted octanol–water partition coefficient (Wildman–Crippen LogP) is 5.42. The number of rotatable bonds is 3. The normalized spacial score (nSPS) is 12.4. The first-order chi connectivity index (χ1) is 8.56. The van der Waals surface area contributed by atoms with Crippen molar-refractivity contribution in [1.82, 2.24) is 0 Å². The minimum atomic E-state index is -0.219. The SMILES string of the molecule is Cc1cc(F)ccc1C(Cl)Cc1ccc(Br)cc1. The lowest BCUT2D eigenvalue weighted by Gasteiger charge is -2.13. The Bertz CT molecular complexity index is 537. The van der Waals surface area contributed by atoms with E-state index >= 15 is 0 Å². The molecule has 0 aliphatic rings. The van der Waals surface area contributed by atoms with Crippen LogP contribution in [0.5, 0.6) is 0 Å². The zero-order valence-electron chi connectivity index (χ0n) is 9.96. The van der Waals surface area contributed by atoms with Gasteiger partial charge in [-0.1, -0.05) is 34.1 Å². The summed E-state index contributed by atoms with van der Waals surface area (Å²) in [6, 6.07) is 12.8. The molecule has 0 heterocycles. The zero-order chi connectivity index (χ0) is 13.1. The first-order valence-electron chi connectivity index (χ1n) is 5.71. The molecular weight excluding hydrogens is 315 g/mol. The summed E-state index contributed by atoms with van der Waals surface area (Å²) >= 11 is 9.81. The molecule has 0 aromatic heterocycles. The third kappa shape index (κ3) is 3.33. The van der Waals surface area contributed by atoms with Crippen molar-refractivity contribution in [1.29, 1.82) is 0 Å². The molecule has 0 nitrogen and oxygen atoms in total. The Balaban J connectivity index is 2.16. The van der Waals surface area contributed by atoms with Crippen molar-refractivity contribution in [2.45, 2.75) is 18.7 Å². The van der Waals surface area contributed by atoms with Gasteiger partial charge in [-0.05, 0) is 54.3 Å². The summed E-state index contributed by atoms with van der Waals surface area (Å²) in [5.74, 6) is -0.219. The third-order valence-corrected chi connectivity index (χ3v) is 3.82. The van der Waals surface area contributed by atoms with E-state index in [0.717, 1.165) is 22.0 Å². The Morgan fingerprint density at radius 3 is 2.44 bits per heavy atom. The van der Waals surface area contributed by atoms with Gasteiger partial charge in [-0.15, -0.1) is 11.6 Å². The number of aryl methyl sites for hydroxylation is 1. The Hall–Kier alpha value is -0.860. The number of hydrogen-bond donors (Lipinski definition) is 0. The van der Waals surface area contributed by atoms with Crippen LogP contribution in [0, 0.1) is 12.7 Å². The summed E-state index contributed by atoms with van der Waals surface area (Å²) in [6.45, 7) is 1.88. The van der Waals surface area contributed by atoms with Gasteiger partial charge in [-0.25, -0.2) is 4.39 Å². The monoisotopic (exact) mass is 326 g/mol. The van der Waals surface area contributed by atoms with Crippen LogP contribution >= 0.6 is 27.5 Å². The molecule has 0 saturated heterocycles. The van der Waals surface area contributed by atoms with E-state index in [9.17, 15) is 4.39 Å². The molecule has 18 heavy (non-hydrogen) atoms. The summed E-state index contributed by atoms with van der Waals surface area (Å²) in [5.41, 5.74) is 3.05. The summed E-state index contributed by atoms with van der Waals surface area (Å²) in [5, 5.41) is -0.133. The van der Waals surface area contributed by atoms with Gasteiger partial charge in [0.25, 0.3) is 0 Å². The van der Waals surface area contributed by atoms with Gasteiger partial charge >= 0.3 is 0 Å². The molecule has 0 radical (unpaired) electrons. The van der Waals surface area contributed by atoms with Gasteiger partial charge in [0.1, 0.15) is 5.82 Å². The molecule has 1 atom stereocenters. The fourth-order valence-electron chi connectivity index (χ4n) is 1.93.